The van der Waals surface area contributed by atoms with Gasteiger partial charge in [0.15, 0.2) is 5.82 Å². The molecule has 8 heteroatoms. The molecule has 0 aliphatic heterocycles. The number of benzene rings is 1. The molecule has 0 saturated carbocycles. The van der Waals surface area contributed by atoms with Crippen molar-refractivity contribution in [3.05, 3.63) is 35.5 Å². The Balaban J connectivity index is 1.93. The molecule has 0 aliphatic rings. The molecular formula is C13H18N4O3S. The van der Waals surface area contributed by atoms with Gasteiger partial charge in [-0.15, -0.1) is 0 Å². The fourth-order valence-electron chi connectivity index (χ4n) is 1.66. The van der Waals surface area contributed by atoms with E-state index in [-0.39, 0.29) is 12.4 Å². The van der Waals surface area contributed by atoms with E-state index in [4.69, 9.17) is 10.5 Å². The predicted molar refractivity (Wildman–Crippen MR) is 81.8 cm³/mol. The molecule has 0 spiro atoms. The number of rotatable bonds is 6. The van der Waals surface area contributed by atoms with Crippen LogP contribution in [0, 0.1) is 13.8 Å². The third kappa shape index (κ3) is 3.88. The second-order valence-electron chi connectivity index (χ2n) is 4.63. The standard InChI is InChI=1S/C13H18N4O3S/c1-9-10(2)15-16-13(9)17-21(18,19)8-7-20-12-6-4-3-5-11(12)14/h3-6H,7-8,14H2,1-2H3,(H2,15,16,17). The summed E-state index contributed by atoms with van der Waals surface area (Å²) in [5.41, 5.74) is 7.78. The zero-order chi connectivity index (χ0) is 15.5. The number of ether oxygens (including phenoxy) is 1. The molecule has 0 bridgehead atoms. The number of nitrogen functional groups attached to an aromatic ring is 1. The van der Waals surface area contributed by atoms with E-state index >= 15 is 0 Å². The molecule has 0 radical (unpaired) electrons. The lowest BCUT2D eigenvalue weighted by Gasteiger charge is -2.09. The first-order chi connectivity index (χ1) is 9.89. The minimum atomic E-state index is -3.53. The number of hydrogen-bond acceptors (Lipinski definition) is 5. The van der Waals surface area contributed by atoms with Crippen molar-refractivity contribution in [2.24, 2.45) is 0 Å². The molecule has 1 aromatic carbocycles. The highest BCUT2D eigenvalue weighted by atomic mass is 32.2. The first-order valence-electron chi connectivity index (χ1n) is 6.38. The molecule has 0 amide bonds. The maximum Gasteiger partial charge on any atom is 0.237 e. The van der Waals surface area contributed by atoms with Crippen LogP contribution in [0.4, 0.5) is 11.5 Å². The van der Waals surface area contributed by atoms with Crippen LogP contribution in [0.15, 0.2) is 24.3 Å². The van der Waals surface area contributed by atoms with Gasteiger partial charge in [-0.05, 0) is 26.0 Å². The average molecular weight is 310 g/mol. The summed E-state index contributed by atoms with van der Waals surface area (Å²) in [5, 5.41) is 6.63. The Morgan fingerprint density at radius 3 is 2.67 bits per heavy atom. The summed E-state index contributed by atoms with van der Waals surface area (Å²) in [6.45, 7) is 3.62. The highest BCUT2D eigenvalue weighted by Crippen LogP contribution is 2.20. The summed E-state index contributed by atoms with van der Waals surface area (Å²) in [4.78, 5) is 0. The highest BCUT2D eigenvalue weighted by molar-refractivity contribution is 7.92. The molecule has 1 heterocycles. The van der Waals surface area contributed by atoms with Gasteiger partial charge in [0.1, 0.15) is 18.1 Å². The molecule has 114 valence electrons. The summed E-state index contributed by atoms with van der Waals surface area (Å²) >= 11 is 0. The number of anilines is 2. The number of hydrogen-bond donors (Lipinski definition) is 3. The van der Waals surface area contributed by atoms with Crippen molar-refractivity contribution in [1.29, 1.82) is 0 Å². The van der Waals surface area contributed by atoms with Crippen LogP contribution in [-0.2, 0) is 10.0 Å². The minimum absolute atomic E-state index is 0.00595. The quantitative estimate of drug-likeness (QED) is 0.699. The predicted octanol–water partition coefficient (Wildman–Crippen LogP) is 1.43. The minimum Gasteiger partial charge on any atom is -0.490 e. The van der Waals surface area contributed by atoms with E-state index in [2.05, 4.69) is 14.9 Å². The Morgan fingerprint density at radius 2 is 2.05 bits per heavy atom. The molecule has 0 atom stereocenters. The Morgan fingerprint density at radius 1 is 1.33 bits per heavy atom. The fourth-order valence-corrected chi connectivity index (χ4v) is 2.55. The number of para-hydroxylation sites is 2. The summed E-state index contributed by atoms with van der Waals surface area (Å²) in [6, 6.07) is 6.94. The normalized spacial score (nSPS) is 11.3. The van der Waals surface area contributed by atoms with Crippen LogP contribution in [-0.4, -0.2) is 31.0 Å². The van der Waals surface area contributed by atoms with Gasteiger partial charge in [-0.25, -0.2) is 8.42 Å². The second kappa shape index (κ2) is 6.04. The van der Waals surface area contributed by atoms with Crippen molar-refractivity contribution in [3.63, 3.8) is 0 Å². The number of aromatic nitrogens is 2. The van der Waals surface area contributed by atoms with Crippen LogP contribution in [0.2, 0.25) is 0 Å². The summed E-state index contributed by atoms with van der Waals surface area (Å²) < 4.78 is 31.7. The van der Waals surface area contributed by atoms with Crippen LogP contribution >= 0.6 is 0 Å². The smallest absolute Gasteiger partial charge is 0.237 e. The fraction of sp³-hybridized carbons (Fsp3) is 0.308. The maximum atomic E-state index is 12.0. The lowest BCUT2D eigenvalue weighted by Crippen LogP contribution is -2.22. The Bertz CT molecular complexity index is 725. The monoisotopic (exact) mass is 310 g/mol. The lowest BCUT2D eigenvalue weighted by molar-refractivity contribution is 0.343. The van der Waals surface area contributed by atoms with Crippen molar-refractivity contribution >= 4 is 21.5 Å². The van der Waals surface area contributed by atoms with Crippen molar-refractivity contribution < 1.29 is 13.2 Å². The molecule has 4 N–H and O–H groups in total. The number of nitrogens with two attached hydrogens (primary N) is 1. The molecule has 0 saturated heterocycles. The van der Waals surface area contributed by atoms with Gasteiger partial charge < -0.3 is 10.5 Å². The number of H-pyrrole nitrogens is 1. The topological polar surface area (TPSA) is 110 Å². The molecule has 2 aromatic rings. The van der Waals surface area contributed by atoms with Gasteiger partial charge >= 0.3 is 0 Å². The van der Waals surface area contributed by atoms with Gasteiger partial charge in [0, 0.05) is 11.3 Å². The first kappa shape index (κ1) is 15.2. The van der Waals surface area contributed by atoms with Crippen molar-refractivity contribution in [2.45, 2.75) is 13.8 Å². The van der Waals surface area contributed by atoms with E-state index in [1.807, 2.05) is 6.92 Å². The van der Waals surface area contributed by atoms with E-state index in [9.17, 15) is 8.42 Å². The zero-order valence-electron chi connectivity index (χ0n) is 11.9. The molecule has 0 unspecified atom stereocenters. The highest BCUT2D eigenvalue weighted by Gasteiger charge is 2.15. The van der Waals surface area contributed by atoms with Crippen LogP contribution < -0.4 is 15.2 Å². The van der Waals surface area contributed by atoms with Crippen molar-refractivity contribution in [3.8, 4) is 5.75 Å². The maximum absolute atomic E-state index is 12.0. The van der Waals surface area contributed by atoms with Gasteiger partial charge in [0.2, 0.25) is 10.0 Å². The van der Waals surface area contributed by atoms with E-state index < -0.39 is 10.0 Å². The van der Waals surface area contributed by atoms with Crippen LogP contribution in [0.1, 0.15) is 11.3 Å². The van der Waals surface area contributed by atoms with Gasteiger partial charge in [0.25, 0.3) is 0 Å². The molecule has 0 fully saturated rings. The number of nitrogens with zero attached hydrogens (tertiary/aromatic N) is 1. The molecule has 7 nitrogen and oxygen atoms in total. The Hall–Kier alpha value is -2.22. The number of aryl methyl sites for hydroxylation is 1. The molecule has 0 aliphatic carbocycles. The van der Waals surface area contributed by atoms with Gasteiger partial charge in [-0.3, -0.25) is 9.82 Å². The van der Waals surface area contributed by atoms with Crippen molar-refractivity contribution in [1.82, 2.24) is 10.2 Å². The number of nitrogens with one attached hydrogen (secondary N) is 2. The summed E-state index contributed by atoms with van der Waals surface area (Å²) in [6.07, 6.45) is 0. The van der Waals surface area contributed by atoms with Gasteiger partial charge in [0.05, 0.1) is 5.69 Å². The zero-order valence-corrected chi connectivity index (χ0v) is 12.7. The summed E-state index contributed by atoms with van der Waals surface area (Å²) in [7, 11) is -3.53. The molecule has 1 aromatic heterocycles. The second-order valence-corrected chi connectivity index (χ2v) is 6.47. The Kier molecular flexibility index (Phi) is 4.37. The summed E-state index contributed by atoms with van der Waals surface area (Å²) in [5.74, 6) is 0.596. The number of sulfonamides is 1. The van der Waals surface area contributed by atoms with Gasteiger partial charge in [-0.2, -0.15) is 5.10 Å². The van der Waals surface area contributed by atoms with Crippen molar-refractivity contribution in [2.75, 3.05) is 22.8 Å². The third-order valence-electron chi connectivity index (χ3n) is 3.03. The Labute approximate surface area is 123 Å². The van der Waals surface area contributed by atoms with Gasteiger partial charge in [-0.1, -0.05) is 12.1 Å². The molecular weight excluding hydrogens is 292 g/mol. The van der Waals surface area contributed by atoms with Crippen LogP contribution in [0.25, 0.3) is 0 Å². The van der Waals surface area contributed by atoms with E-state index in [0.717, 1.165) is 11.3 Å². The molecule has 21 heavy (non-hydrogen) atoms. The van der Waals surface area contributed by atoms with E-state index in [1.54, 1.807) is 31.2 Å². The third-order valence-corrected chi connectivity index (χ3v) is 4.24. The molecule has 2 rings (SSSR count). The van der Waals surface area contributed by atoms with E-state index in [0.29, 0.717) is 17.3 Å². The van der Waals surface area contributed by atoms with E-state index in [1.165, 1.54) is 0 Å². The number of aromatic amines is 1. The first-order valence-corrected chi connectivity index (χ1v) is 8.03. The average Bonchev–Trinajstić information content (AvgIpc) is 2.72. The van der Waals surface area contributed by atoms with Crippen LogP contribution in [0.3, 0.4) is 0 Å². The lowest BCUT2D eigenvalue weighted by atomic mass is 10.3. The largest absolute Gasteiger partial charge is 0.490 e. The van der Waals surface area contributed by atoms with Crippen LogP contribution in [0.5, 0.6) is 5.75 Å². The SMILES string of the molecule is Cc1[nH]nc(NS(=O)(=O)CCOc2ccccc2N)c1C.